The maximum Gasteiger partial charge on any atom is 0.411 e. The van der Waals surface area contributed by atoms with Gasteiger partial charge in [0.05, 0.1) is 5.69 Å². The van der Waals surface area contributed by atoms with Gasteiger partial charge in [0, 0.05) is 45.0 Å². The Bertz CT molecular complexity index is 800. The Morgan fingerprint density at radius 2 is 1.83 bits per heavy atom. The van der Waals surface area contributed by atoms with Gasteiger partial charge < -0.3 is 9.64 Å². The van der Waals surface area contributed by atoms with Crippen LogP contribution >= 0.6 is 0 Å². The van der Waals surface area contributed by atoms with Crippen molar-refractivity contribution >= 4 is 5.91 Å². The third-order valence-electron chi connectivity index (χ3n) is 4.80. The van der Waals surface area contributed by atoms with Crippen molar-refractivity contribution in [3.8, 4) is 5.69 Å². The van der Waals surface area contributed by atoms with Crippen LogP contribution in [0.15, 0.2) is 36.4 Å². The van der Waals surface area contributed by atoms with Gasteiger partial charge in [0.15, 0.2) is 5.69 Å². The number of rotatable bonds is 7. The number of hydrogen-bond acceptors (Lipinski definition) is 4. The fraction of sp³-hybridized carbons (Fsp3) is 0.500. The maximum atomic E-state index is 12.8. The second kappa shape index (κ2) is 9.41. The molecule has 1 amide bonds. The van der Waals surface area contributed by atoms with E-state index in [1.54, 1.807) is 15.6 Å². The van der Waals surface area contributed by atoms with Crippen LogP contribution in [0.25, 0.3) is 5.69 Å². The van der Waals surface area contributed by atoms with Crippen LogP contribution in [-0.2, 0) is 4.74 Å². The minimum atomic E-state index is -4.28. The number of nitrogens with zero attached hydrogens (tertiary/aromatic N) is 4. The first kappa shape index (κ1) is 21.3. The first-order valence-corrected chi connectivity index (χ1v) is 9.62. The average molecular weight is 410 g/mol. The lowest BCUT2D eigenvalue weighted by Gasteiger charge is -2.34. The van der Waals surface area contributed by atoms with Gasteiger partial charge in [-0.05, 0) is 31.5 Å². The lowest BCUT2D eigenvalue weighted by molar-refractivity contribution is -0.174. The molecule has 1 aliphatic heterocycles. The molecule has 2 aromatic rings. The summed E-state index contributed by atoms with van der Waals surface area (Å²) in [7, 11) is 0. The van der Waals surface area contributed by atoms with Crippen LogP contribution in [0.4, 0.5) is 13.2 Å². The Morgan fingerprint density at radius 3 is 2.48 bits per heavy atom. The Balaban J connectivity index is 1.46. The molecule has 0 atom stereocenters. The summed E-state index contributed by atoms with van der Waals surface area (Å²) in [6.45, 7) is 3.95. The quantitative estimate of drug-likeness (QED) is 0.659. The zero-order chi connectivity index (χ0) is 20.9. The molecule has 29 heavy (non-hydrogen) atoms. The number of carbonyl (C=O) groups excluding carboxylic acids is 1. The number of hydrogen-bond donors (Lipinski definition) is 0. The van der Waals surface area contributed by atoms with E-state index in [1.807, 2.05) is 37.3 Å². The van der Waals surface area contributed by atoms with E-state index in [9.17, 15) is 18.0 Å². The fourth-order valence-electron chi connectivity index (χ4n) is 3.32. The summed E-state index contributed by atoms with van der Waals surface area (Å²) in [6, 6.07) is 11.4. The molecule has 0 unspecified atom stereocenters. The second-order valence-electron chi connectivity index (χ2n) is 7.07. The molecule has 158 valence electrons. The minimum absolute atomic E-state index is 0.0782. The highest BCUT2D eigenvalue weighted by molar-refractivity contribution is 5.92. The van der Waals surface area contributed by atoms with Crippen molar-refractivity contribution in [1.29, 1.82) is 0 Å². The predicted molar refractivity (Wildman–Crippen MR) is 102 cm³/mol. The Hall–Kier alpha value is -2.39. The zero-order valence-electron chi connectivity index (χ0n) is 16.4. The molecule has 9 heteroatoms. The van der Waals surface area contributed by atoms with E-state index in [1.165, 1.54) is 0 Å². The van der Waals surface area contributed by atoms with Crippen molar-refractivity contribution in [2.24, 2.45) is 0 Å². The van der Waals surface area contributed by atoms with E-state index in [0.29, 0.717) is 44.8 Å². The summed E-state index contributed by atoms with van der Waals surface area (Å²) in [4.78, 5) is 16.7. The Morgan fingerprint density at radius 1 is 1.14 bits per heavy atom. The van der Waals surface area contributed by atoms with E-state index >= 15 is 0 Å². The van der Waals surface area contributed by atoms with Crippen molar-refractivity contribution in [2.75, 3.05) is 45.9 Å². The monoisotopic (exact) mass is 410 g/mol. The molecule has 1 aromatic carbocycles. The highest BCUT2D eigenvalue weighted by atomic mass is 19.4. The number of ether oxygens (including phenoxy) is 1. The number of piperazine rings is 1. The number of aromatic nitrogens is 2. The third-order valence-corrected chi connectivity index (χ3v) is 4.80. The minimum Gasteiger partial charge on any atom is -0.372 e. The largest absolute Gasteiger partial charge is 0.411 e. The summed E-state index contributed by atoms with van der Waals surface area (Å²) < 4.78 is 42.5. The number of benzene rings is 1. The van der Waals surface area contributed by atoms with E-state index < -0.39 is 12.8 Å². The van der Waals surface area contributed by atoms with Crippen LogP contribution in [0.3, 0.4) is 0 Å². The van der Waals surface area contributed by atoms with Crippen molar-refractivity contribution in [1.82, 2.24) is 19.6 Å². The summed E-state index contributed by atoms with van der Waals surface area (Å²) in [6.07, 6.45) is -3.75. The Kier molecular flexibility index (Phi) is 6.92. The van der Waals surface area contributed by atoms with Gasteiger partial charge in [-0.25, -0.2) is 4.68 Å². The molecule has 0 N–H and O–H groups in total. The molecular weight excluding hydrogens is 385 g/mol. The first-order valence-electron chi connectivity index (χ1n) is 9.62. The van der Waals surface area contributed by atoms with Crippen molar-refractivity contribution in [3.05, 3.63) is 47.8 Å². The second-order valence-corrected chi connectivity index (χ2v) is 7.07. The van der Waals surface area contributed by atoms with Gasteiger partial charge in [0.25, 0.3) is 5.91 Å². The summed E-state index contributed by atoms with van der Waals surface area (Å²) in [5.41, 5.74) is 2.21. The van der Waals surface area contributed by atoms with E-state index in [2.05, 4.69) is 14.7 Å². The van der Waals surface area contributed by atoms with Crippen LogP contribution in [0.5, 0.6) is 0 Å². The SMILES string of the molecule is Cc1cc(C(=O)N2CCN(CCCOCC(F)(F)F)CC2)nn1-c1ccccc1. The molecule has 1 aliphatic rings. The smallest absolute Gasteiger partial charge is 0.372 e. The molecule has 0 spiro atoms. The maximum absolute atomic E-state index is 12.8. The zero-order valence-corrected chi connectivity index (χ0v) is 16.4. The number of alkyl halides is 3. The number of carbonyl (C=O) groups is 1. The van der Waals surface area contributed by atoms with E-state index in [4.69, 9.17) is 0 Å². The molecule has 3 rings (SSSR count). The molecule has 1 saturated heterocycles. The van der Waals surface area contributed by atoms with Gasteiger partial charge >= 0.3 is 6.18 Å². The van der Waals surface area contributed by atoms with Crippen molar-refractivity contribution in [3.63, 3.8) is 0 Å². The standard InChI is InChI=1S/C20H25F3N4O2/c1-16-14-18(24-27(16)17-6-3-2-4-7-17)19(28)26-11-9-25(10-12-26)8-5-13-29-15-20(21,22)23/h2-4,6-7,14H,5,8-13,15H2,1H3. The van der Waals surface area contributed by atoms with Crippen LogP contribution in [0, 0.1) is 6.92 Å². The van der Waals surface area contributed by atoms with Crippen LogP contribution in [-0.4, -0.2) is 77.6 Å². The average Bonchev–Trinajstić information content (AvgIpc) is 3.09. The van der Waals surface area contributed by atoms with E-state index in [-0.39, 0.29) is 12.5 Å². The molecule has 0 bridgehead atoms. The number of aryl methyl sites for hydroxylation is 1. The fourth-order valence-corrected chi connectivity index (χ4v) is 3.32. The van der Waals surface area contributed by atoms with E-state index in [0.717, 1.165) is 11.4 Å². The highest BCUT2D eigenvalue weighted by Crippen LogP contribution is 2.16. The third kappa shape index (κ3) is 6.04. The molecular formula is C20H25F3N4O2. The molecule has 1 fully saturated rings. The van der Waals surface area contributed by atoms with Gasteiger partial charge in [-0.2, -0.15) is 18.3 Å². The van der Waals surface area contributed by atoms with Crippen LogP contribution in [0.1, 0.15) is 22.6 Å². The number of para-hydroxylation sites is 1. The highest BCUT2D eigenvalue weighted by Gasteiger charge is 2.27. The summed E-state index contributed by atoms with van der Waals surface area (Å²) in [5, 5.41) is 4.47. The van der Waals surface area contributed by atoms with Gasteiger partial charge in [0.1, 0.15) is 6.61 Å². The molecule has 2 heterocycles. The number of halogens is 3. The summed E-state index contributed by atoms with van der Waals surface area (Å²) in [5.74, 6) is -0.101. The van der Waals surface area contributed by atoms with Crippen molar-refractivity contribution in [2.45, 2.75) is 19.5 Å². The van der Waals surface area contributed by atoms with Gasteiger partial charge in [-0.15, -0.1) is 0 Å². The summed E-state index contributed by atoms with van der Waals surface area (Å²) >= 11 is 0. The Labute approximate surface area is 167 Å². The predicted octanol–water partition coefficient (Wildman–Crippen LogP) is 2.91. The molecule has 1 aromatic heterocycles. The lowest BCUT2D eigenvalue weighted by Crippen LogP contribution is -2.49. The van der Waals surface area contributed by atoms with Gasteiger partial charge in [0.2, 0.25) is 0 Å². The van der Waals surface area contributed by atoms with Crippen LogP contribution in [0.2, 0.25) is 0 Å². The molecule has 6 nitrogen and oxygen atoms in total. The molecule has 0 saturated carbocycles. The van der Waals surface area contributed by atoms with Crippen molar-refractivity contribution < 1.29 is 22.7 Å². The van der Waals surface area contributed by atoms with Gasteiger partial charge in [-0.1, -0.05) is 18.2 Å². The number of amides is 1. The normalized spacial score (nSPS) is 15.7. The molecule has 0 radical (unpaired) electrons. The first-order chi connectivity index (χ1) is 13.8. The molecule has 0 aliphatic carbocycles. The van der Waals surface area contributed by atoms with Gasteiger partial charge in [-0.3, -0.25) is 9.69 Å². The topological polar surface area (TPSA) is 50.6 Å². The van der Waals surface area contributed by atoms with Crippen LogP contribution < -0.4 is 0 Å². The lowest BCUT2D eigenvalue weighted by atomic mass is 10.2.